The second-order valence-electron chi connectivity index (χ2n) is 9.73. The van der Waals surface area contributed by atoms with Gasteiger partial charge < -0.3 is 19.5 Å². The van der Waals surface area contributed by atoms with E-state index in [2.05, 4.69) is 5.32 Å². The van der Waals surface area contributed by atoms with Gasteiger partial charge in [-0.3, -0.25) is 18.8 Å². The molecule has 11 heteroatoms. The van der Waals surface area contributed by atoms with Gasteiger partial charge in [-0.05, 0) is 12.5 Å². The Labute approximate surface area is 226 Å². The van der Waals surface area contributed by atoms with Crippen LogP contribution in [0.2, 0.25) is 0 Å². The SMILES string of the molecule is CC1C=CC(CF)C2CN1C(=O)c1c(OCc3ccccc3)c(=O)c(C(=O)NCc3c(F)cc(F)cc3F)cn12. The van der Waals surface area contributed by atoms with Crippen molar-refractivity contribution >= 4 is 11.8 Å². The average molecular weight is 556 g/mol. The monoisotopic (exact) mass is 555 g/mol. The van der Waals surface area contributed by atoms with Gasteiger partial charge in [0.1, 0.15) is 29.6 Å². The summed E-state index contributed by atoms with van der Waals surface area (Å²) in [6, 6.07) is 8.76. The molecular weight excluding hydrogens is 530 g/mol. The Balaban J connectivity index is 1.58. The summed E-state index contributed by atoms with van der Waals surface area (Å²) >= 11 is 0. The van der Waals surface area contributed by atoms with E-state index in [0.717, 1.165) is 6.20 Å². The van der Waals surface area contributed by atoms with E-state index in [9.17, 15) is 31.9 Å². The van der Waals surface area contributed by atoms with E-state index in [1.165, 1.54) is 9.47 Å². The molecule has 5 rings (SSSR count). The fourth-order valence-corrected chi connectivity index (χ4v) is 5.00. The molecule has 2 aliphatic heterocycles. The van der Waals surface area contributed by atoms with Crippen LogP contribution in [0.3, 0.4) is 0 Å². The summed E-state index contributed by atoms with van der Waals surface area (Å²) in [7, 11) is 0. The van der Waals surface area contributed by atoms with E-state index in [0.29, 0.717) is 17.7 Å². The first kappa shape index (κ1) is 27.2. The molecule has 7 nitrogen and oxygen atoms in total. The number of nitrogens with one attached hydrogen (secondary N) is 1. The molecule has 1 N–H and O–H groups in total. The predicted octanol–water partition coefficient (Wildman–Crippen LogP) is 4.32. The summed E-state index contributed by atoms with van der Waals surface area (Å²) in [6.45, 7) is 0.370. The average Bonchev–Trinajstić information content (AvgIpc) is 3.07. The van der Waals surface area contributed by atoms with Crippen molar-refractivity contribution in [2.24, 2.45) is 5.92 Å². The van der Waals surface area contributed by atoms with Crippen LogP contribution in [-0.4, -0.2) is 40.5 Å². The topological polar surface area (TPSA) is 80.6 Å². The summed E-state index contributed by atoms with van der Waals surface area (Å²) in [4.78, 5) is 41.9. The third-order valence-corrected chi connectivity index (χ3v) is 7.20. The van der Waals surface area contributed by atoms with Gasteiger partial charge in [0.2, 0.25) is 5.43 Å². The van der Waals surface area contributed by atoms with Crippen LogP contribution in [0.25, 0.3) is 0 Å². The van der Waals surface area contributed by atoms with Crippen LogP contribution in [0.5, 0.6) is 5.75 Å². The number of nitrogens with zero attached hydrogens (tertiary/aromatic N) is 2. The first-order valence-corrected chi connectivity index (χ1v) is 12.6. The molecule has 3 heterocycles. The molecule has 2 aliphatic rings. The third-order valence-electron chi connectivity index (χ3n) is 7.20. The van der Waals surface area contributed by atoms with Gasteiger partial charge in [-0.15, -0.1) is 0 Å². The maximum atomic E-state index is 14.1. The molecule has 1 aromatic heterocycles. The van der Waals surface area contributed by atoms with Gasteiger partial charge >= 0.3 is 0 Å². The number of carbonyl (C=O) groups excluding carboxylic acids is 2. The van der Waals surface area contributed by atoms with Crippen molar-refractivity contribution in [2.75, 3.05) is 13.2 Å². The van der Waals surface area contributed by atoms with Crippen LogP contribution in [0, 0.1) is 23.4 Å². The number of aromatic nitrogens is 1. The number of alkyl halides is 1. The van der Waals surface area contributed by atoms with Gasteiger partial charge in [0.15, 0.2) is 11.4 Å². The molecule has 0 saturated heterocycles. The number of pyridine rings is 1. The Morgan fingerprint density at radius 2 is 1.77 bits per heavy atom. The summed E-state index contributed by atoms with van der Waals surface area (Å²) in [6.07, 6.45) is 4.54. The summed E-state index contributed by atoms with van der Waals surface area (Å²) in [5, 5.41) is 2.28. The summed E-state index contributed by atoms with van der Waals surface area (Å²) in [5.41, 5.74) is -1.39. The Morgan fingerprint density at radius 1 is 1.07 bits per heavy atom. The number of rotatable bonds is 7. The van der Waals surface area contributed by atoms with E-state index in [-0.39, 0.29) is 30.6 Å². The molecule has 3 unspecified atom stereocenters. The second-order valence-corrected chi connectivity index (χ2v) is 9.73. The van der Waals surface area contributed by atoms with Crippen molar-refractivity contribution in [3.63, 3.8) is 0 Å². The van der Waals surface area contributed by atoms with Crippen molar-refractivity contribution in [3.05, 3.63) is 111 Å². The van der Waals surface area contributed by atoms with Gasteiger partial charge in [-0.2, -0.15) is 0 Å². The minimum Gasteiger partial charge on any atom is -0.483 e. The van der Waals surface area contributed by atoms with Crippen LogP contribution < -0.4 is 15.5 Å². The first-order valence-electron chi connectivity index (χ1n) is 12.6. The highest BCUT2D eigenvalue weighted by Gasteiger charge is 2.41. The highest BCUT2D eigenvalue weighted by Crippen LogP contribution is 2.35. The number of fused-ring (bicyclic) bond motifs is 4. The Kier molecular flexibility index (Phi) is 7.46. The zero-order valence-corrected chi connectivity index (χ0v) is 21.4. The minimum absolute atomic E-state index is 0.0988. The van der Waals surface area contributed by atoms with Crippen molar-refractivity contribution in [3.8, 4) is 5.75 Å². The zero-order chi connectivity index (χ0) is 28.6. The summed E-state index contributed by atoms with van der Waals surface area (Å²) in [5.74, 6) is -6.10. The van der Waals surface area contributed by atoms with Gasteiger partial charge in [0, 0.05) is 48.9 Å². The number of halogens is 4. The van der Waals surface area contributed by atoms with E-state index in [1.807, 2.05) is 0 Å². The lowest BCUT2D eigenvalue weighted by molar-refractivity contribution is 0.0596. The Hall–Kier alpha value is -4.41. The van der Waals surface area contributed by atoms with Gasteiger partial charge in [-0.1, -0.05) is 42.5 Å². The van der Waals surface area contributed by atoms with Crippen molar-refractivity contribution in [1.29, 1.82) is 0 Å². The second kappa shape index (κ2) is 11.0. The fourth-order valence-electron chi connectivity index (χ4n) is 5.00. The van der Waals surface area contributed by atoms with Crippen LogP contribution >= 0.6 is 0 Å². The number of hydrogen-bond donors (Lipinski definition) is 1. The van der Waals surface area contributed by atoms with Crippen LogP contribution in [0.4, 0.5) is 17.6 Å². The molecule has 2 amide bonds. The molecule has 0 spiro atoms. The molecular formula is C29H25F4N3O4. The highest BCUT2D eigenvalue weighted by atomic mass is 19.1. The number of ether oxygens (including phenoxy) is 1. The molecule has 2 aromatic carbocycles. The lowest BCUT2D eigenvalue weighted by Crippen LogP contribution is -2.49. The van der Waals surface area contributed by atoms with Crippen molar-refractivity contribution in [1.82, 2.24) is 14.8 Å². The molecule has 3 aromatic rings. The molecule has 0 fully saturated rings. The van der Waals surface area contributed by atoms with Crippen LogP contribution in [-0.2, 0) is 13.2 Å². The summed E-state index contributed by atoms with van der Waals surface area (Å²) < 4.78 is 63.0. The smallest absolute Gasteiger partial charge is 0.275 e. The maximum Gasteiger partial charge on any atom is 0.275 e. The first-order chi connectivity index (χ1) is 19.2. The predicted molar refractivity (Wildman–Crippen MR) is 137 cm³/mol. The lowest BCUT2D eigenvalue weighted by Gasteiger charge is -2.39. The van der Waals surface area contributed by atoms with E-state index < -0.39 is 71.0 Å². The highest BCUT2D eigenvalue weighted by molar-refractivity contribution is 5.99. The largest absolute Gasteiger partial charge is 0.483 e. The van der Waals surface area contributed by atoms with Crippen molar-refractivity contribution < 1.29 is 31.9 Å². The van der Waals surface area contributed by atoms with E-state index in [1.54, 1.807) is 49.4 Å². The molecule has 208 valence electrons. The zero-order valence-electron chi connectivity index (χ0n) is 21.4. The molecule has 2 bridgehead atoms. The molecule has 0 aliphatic carbocycles. The standard InChI is InChI=1S/C29H25F4N3O4/c1-16-7-8-18(11-30)24-14-35(16)29(39)25-27(40-15-17-5-3-2-4-6-17)26(37)21(13-36(24)25)28(38)34-12-20-22(32)9-19(31)10-23(20)33/h2-10,13,16,18,24H,11-12,14-15H2,1H3,(H,34,38). The Bertz CT molecular complexity index is 1530. The van der Waals surface area contributed by atoms with E-state index >= 15 is 0 Å². The number of hydrogen-bond acceptors (Lipinski definition) is 4. The van der Waals surface area contributed by atoms with Crippen molar-refractivity contribution in [2.45, 2.75) is 32.2 Å². The normalized spacial score (nSPS) is 19.7. The van der Waals surface area contributed by atoms with Crippen LogP contribution in [0.15, 0.2) is 65.6 Å². The third kappa shape index (κ3) is 4.99. The number of allylic oxidation sites excluding steroid dienone is 1. The molecule has 0 radical (unpaired) electrons. The van der Waals surface area contributed by atoms with Gasteiger partial charge in [-0.25, -0.2) is 13.2 Å². The van der Waals surface area contributed by atoms with E-state index in [4.69, 9.17) is 4.74 Å². The van der Waals surface area contributed by atoms with Gasteiger partial charge in [0.25, 0.3) is 11.8 Å². The molecule has 3 atom stereocenters. The molecule has 0 saturated carbocycles. The number of carbonyl (C=O) groups is 2. The number of benzene rings is 2. The number of amides is 2. The molecule has 40 heavy (non-hydrogen) atoms. The van der Waals surface area contributed by atoms with Gasteiger partial charge in [0.05, 0.1) is 12.7 Å². The van der Waals surface area contributed by atoms with Crippen LogP contribution in [0.1, 0.15) is 44.9 Å². The quantitative estimate of drug-likeness (QED) is 0.348. The minimum atomic E-state index is -1.21. The Morgan fingerprint density at radius 3 is 2.45 bits per heavy atom. The maximum absolute atomic E-state index is 14.1. The lowest BCUT2D eigenvalue weighted by atomic mass is 9.97. The fraction of sp³-hybridized carbons (Fsp3) is 0.276.